The first-order valence-corrected chi connectivity index (χ1v) is 7.87. The van der Waals surface area contributed by atoms with Crippen LogP contribution in [-0.2, 0) is 6.18 Å². The molecule has 0 aliphatic rings. The van der Waals surface area contributed by atoms with Gasteiger partial charge in [-0.05, 0) is 42.7 Å². The summed E-state index contributed by atoms with van der Waals surface area (Å²) >= 11 is 1.30. The Morgan fingerprint density at radius 1 is 1.09 bits per heavy atom. The number of benzene rings is 2. The first-order chi connectivity index (χ1) is 10.9. The number of imidazole rings is 1. The van der Waals surface area contributed by atoms with E-state index in [4.69, 9.17) is 0 Å². The molecule has 0 aliphatic heterocycles. The molecule has 0 amide bonds. The van der Waals surface area contributed by atoms with Crippen molar-refractivity contribution in [3.8, 4) is 0 Å². The third-order valence-corrected chi connectivity index (χ3v) is 4.01. The van der Waals surface area contributed by atoms with E-state index in [0.29, 0.717) is 16.2 Å². The summed E-state index contributed by atoms with van der Waals surface area (Å²) in [6.45, 7) is 0. The average Bonchev–Trinajstić information content (AvgIpc) is 2.92. The second kappa shape index (κ2) is 5.73. The number of hydrogen-bond acceptors (Lipinski definition) is 3. The standard InChI is InChI=1S/C16H11F3N2OS/c1-23-15-20-12-4-2-3-5-13(12)21(15)14(22)10-6-8-11(9-7-10)16(17,18)19/h2-9H,1H3. The van der Waals surface area contributed by atoms with Gasteiger partial charge in [-0.15, -0.1) is 0 Å². The van der Waals surface area contributed by atoms with Gasteiger partial charge in [0, 0.05) is 5.56 Å². The lowest BCUT2D eigenvalue weighted by atomic mass is 10.1. The summed E-state index contributed by atoms with van der Waals surface area (Å²) in [5.41, 5.74) is 0.685. The Hall–Kier alpha value is -2.28. The summed E-state index contributed by atoms with van der Waals surface area (Å²) in [6.07, 6.45) is -2.63. The van der Waals surface area contributed by atoms with E-state index in [2.05, 4.69) is 4.98 Å². The van der Waals surface area contributed by atoms with Crippen LogP contribution in [0.5, 0.6) is 0 Å². The fraction of sp³-hybridized carbons (Fsp3) is 0.125. The topological polar surface area (TPSA) is 34.9 Å². The van der Waals surface area contributed by atoms with Crippen LogP contribution in [0.3, 0.4) is 0 Å². The van der Waals surface area contributed by atoms with Crippen molar-refractivity contribution < 1.29 is 18.0 Å². The molecule has 3 rings (SSSR count). The van der Waals surface area contributed by atoms with Crippen molar-refractivity contribution >= 4 is 28.7 Å². The number of carbonyl (C=O) groups excluding carboxylic acids is 1. The van der Waals surface area contributed by atoms with Crippen molar-refractivity contribution in [1.29, 1.82) is 0 Å². The number of alkyl halides is 3. The van der Waals surface area contributed by atoms with Crippen LogP contribution in [0.4, 0.5) is 13.2 Å². The summed E-state index contributed by atoms with van der Waals surface area (Å²) in [4.78, 5) is 17.1. The minimum absolute atomic E-state index is 0.177. The van der Waals surface area contributed by atoms with E-state index in [1.165, 1.54) is 28.5 Å². The molecule has 0 saturated carbocycles. The SMILES string of the molecule is CSc1nc2ccccc2n1C(=O)c1ccc(C(F)(F)F)cc1. The van der Waals surface area contributed by atoms with Gasteiger partial charge in [-0.1, -0.05) is 23.9 Å². The van der Waals surface area contributed by atoms with Crippen LogP contribution in [0, 0.1) is 0 Å². The Labute approximate surface area is 134 Å². The summed E-state index contributed by atoms with van der Waals surface area (Å²) in [5.74, 6) is -0.406. The number of rotatable bonds is 2. The highest BCUT2D eigenvalue weighted by molar-refractivity contribution is 7.98. The third kappa shape index (κ3) is 2.84. The maximum absolute atomic E-state index is 12.7. The molecule has 0 spiro atoms. The average molecular weight is 336 g/mol. The number of halogens is 3. The van der Waals surface area contributed by atoms with Gasteiger partial charge in [-0.2, -0.15) is 13.2 Å². The van der Waals surface area contributed by atoms with Crippen molar-refractivity contribution in [2.75, 3.05) is 6.26 Å². The molecule has 0 saturated heterocycles. The van der Waals surface area contributed by atoms with E-state index in [9.17, 15) is 18.0 Å². The quantitative estimate of drug-likeness (QED) is 0.648. The number of para-hydroxylation sites is 2. The minimum atomic E-state index is -4.42. The number of fused-ring (bicyclic) bond motifs is 1. The second-order valence-corrected chi connectivity index (χ2v) is 5.58. The molecular formula is C16H11F3N2OS. The van der Waals surface area contributed by atoms with Crippen molar-refractivity contribution in [3.05, 3.63) is 59.7 Å². The predicted octanol–water partition coefficient (Wildman–Crippen LogP) is 4.47. The first-order valence-electron chi connectivity index (χ1n) is 6.65. The van der Waals surface area contributed by atoms with E-state index in [-0.39, 0.29) is 5.56 Å². The smallest absolute Gasteiger partial charge is 0.268 e. The predicted molar refractivity (Wildman–Crippen MR) is 82.7 cm³/mol. The van der Waals surface area contributed by atoms with Gasteiger partial charge in [-0.3, -0.25) is 9.36 Å². The number of carbonyl (C=O) groups is 1. The molecular weight excluding hydrogens is 325 g/mol. The zero-order valence-electron chi connectivity index (χ0n) is 12.0. The molecule has 1 heterocycles. The number of thioether (sulfide) groups is 1. The molecule has 0 bridgehead atoms. The van der Waals surface area contributed by atoms with Crippen LogP contribution in [0.1, 0.15) is 15.9 Å². The van der Waals surface area contributed by atoms with E-state index < -0.39 is 17.6 Å². The van der Waals surface area contributed by atoms with Gasteiger partial charge in [0.2, 0.25) is 0 Å². The van der Waals surface area contributed by atoms with Gasteiger partial charge in [-0.25, -0.2) is 4.98 Å². The van der Waals surface area contributed by atoms with Crippen LogP contribution in [-0.4, -0.2) is 21.7 Å². The van der Waals surface area contributed by atoms with Gasteiger partial charge in [0.1, 0.15) is 0 Å². The largest absolute Gasteiger partial charge is 0.416 e. The van der Waals surface area contributed by atoms with Gasteiger partial charge in [0.05, 0.1) is 16.6 Å². The lowest BCUT2D eigenvalue weighted by Gasteiger charge is -2.09. The zero-order valence-corrected chi connectivity index (χ0v) is 12.8. The van der Waals surface area contributed by atoms with Crippen LogP contribution < -0.4 is 0 Å². The maximum atomic E-state index is 12.7. The fourth-order valence-corrected chi connectivity index (χ4v) is 2.82. The molecule has 0 aliphatic carbocycles. The third-order valence-electron chi connectivity index (χ3n) is 3.37. The van der Waals surface area contributed by atoms with Crippen LogP contribution in [0.2, 0.25) is 0 Å². The van der Waals surface area contributed by atoms with E-state index in [0.717, 1.165) is 12.1 Å². The van der Waals surface area contributed by atoms with E-state index in [1.54, 1.807) is 24.5 Å². The molecule has 0 radical (unpaired) electrons. The van der Waals surface area contributed by atoms with Gasteiger partial charge < -0.3 is 0 Å². The molecule has 118 valence electrons. The van der Waals surface area contributed by atoms with Crippen molar-refractivity contribution in [1.82, 2.24) is 9.55 Å². The normalized spacial score (nSPS) is 11.8. The molecule has 3 nitrogen and oxygen atoms in total. The summed E-state index contributed by atoms with van der Waals surface area (Å²) in [5, 5.41) is 0.496. The fourth-order valence-electron chi connectivity index (χ4n) is 2.27. The molecule has 3 aromatic rings. The zero-order chi connectivity index (χ0) is 16.6. The van der Waals surface area contributed by atoms with Crippen LogP contribution >= 0.6 is 11.8 Å². The molecule has 1 aromatic heterocycles. The lowest BCUT2D eigenvalue weighted by molar-refractivity contribution is -0.137. The Morgan fingerprint density at radius 3 is 2.35 bits per heavy atom. The Kier molecular flexibility index (Phi) is 3.89. The molecule has 0 fully saturated rings. The van der Waals surface area contributed by atoms with Crippen molar-refractivity contribution in [2.24, 2.45) is 0 Å². The Morgan fingerprint density at radius 2 is 1.74 bits per heavy atom. The highest BCUT2D eigenvalue weighted by Crippen LogP contribution is 2.30. The maximum Gasteiger partial charge on any atom is 0.416 e. The summed E-state index contributed by atoms with van der Waals surface area (Å²) in [7, 11) is 0. The second-order valence-electron chi connectivity index (χ2n) is 4.80. The lowest BCUT2D eigenvalue weighted by Crippen LogP contribution is -2.13. The monoisotopic (exact) mass is 336 g/mol. The molecule has 23 heavy (non-hydrogen) atoms. The first kappa shape index (κ1) is 15.6. The number of aromatic nitrogens is 2. The van der Waals surface area contributed by atoms with Gasteiger partial charge >= 0.3 is 6.18 Å². The molecule has 0 unspecified atom stereocenters. The van der Waals surface area contributed by atoms with Crippen molar-refractivity contribution in [3.63, 3.8) is 0 Å². The highest BCUT2D eigenvalue weighted by atomic mass is 32.2. The minimum Gasteiger partial charge on any atom is -0.268 e. The van der Waals surface area contributed by atoms with Gasteiger partial charge in [0.15, 0.2) is 5.16 Å². The molecule has 2 aromatic carbocycles. The van der Waals surface area contributed by atoms with Crippen molar-refractivity contribution in [2.45, 2.75) is 11.3 Å². The summed E-state index contributed by atoms with van der Waals surface area (Å²) in [6, 6.07) is 11.3. The highest BCUT2D eigenvalue weighted by Gasteiger charge is 2.30. The Bertz CT molecular complexity index is 869. The van der Waals surface area contributed by atoms with Crippen LogP contribution in [0.15, 0.2) is 53.7 Å². The Balaban J connectivity index is 2.07. The van der Waals surface area contributed by atoms with Crippen LogP contribution in [0.25, 0.3) is 11.0 Å². The van der Waals surface area contributed by atoms with Gasteiger partial charge in [0.25, 0.3) is 5.91 Å². The number of nitrogens with zero attached hydrogens (tertiary/aromatic N) is 2. The molecule has 7 heteroatoms. The molecule has 0 N–H and O–H groups in total. The number of hydrogen-bond donors (Lipinski definition) is 0. The van der Waals surface area contributed by atoms with E-state index >= 15 is 0 Å². The molecule has 0 atom stereocenters. The van der Waals surface area contributed by atoms with E-state index in [1.807, 2.05) is 6.07 Å². The summed E-state index contributed by atoms with van der Waals surface area (Å²) < 4.78 is 39.3.